The normalized spacial score (nSPS) is 14.0. The Labute approximate surface area is 224 Å². The molecule has 0 unspecified atom stereocenters. The number of carbonyl (C=O) groups is 1. The molecule has 0 saturated carbocycles. The van der Waals surface area contributed by atoms with Gasteiger partial charge in [-0.2, -0.15) is 9.57 Å². The highest BCUT2D eigenvalue weighted by atomic mass is 32.2. The molecule has 0 amide bonds. The number of carboxylic acids is 1. The number of furan rings is 1. The molecule has 0 radical (unpaired) electrons. The van der Waals surface area contributed by atoms with Gasteiger partial charge < -0.3 is 19.0 Å². The van der Waals surface area contributed by atoms with Crippen molar-refractivity contribution in [1.82, 2.24) is 9.29 Å². The van der Waals surface area contributed by atoms with Crippen LogP contribution in [0.15, 0.2) is 82.5 Å². The van der Waals surface area contributed by atoms with E-state index in [4.69, 9.17) is 19.0 Å². The average molecular weight is 546 g/mol. The molecule has 1 fully saturated rings. The number of rotatable bonds is 8. The minimum absolute atomic E-state index is 0.0482. The molecule has 198 valence electrons. The average Bonchev–Trinajstić information content (AvgIpc) is 3.51. The largest absolute Gasteiger partial charge is 0.478 e. The van der Waals surface area contributed by atoms with E-state index < -0.39 is 16.0 Å². The number of carboxylic acid groups (broad SMARTS) is 1. The van der Waals surface area contributed by atoms with Gasteiger partial charge in [-0.15, -0.1) is 0 Å². The first-order valence-electron chi connectivity index (χ1n) is 12.0. The second kappa shape index (κ2) is 11.1. The van der Waals surface area contributed by atoms with Crippen molar-refractivity contribution in [3.05, 3.63) is 89.9 Å². The summed E-state index contributed by atoms with van der Waals surface area (Å²) in [6, 6.07) is 18.2. The Morgan fingerprint density at radius 3 is 2.38 bits per heavy atom. The molecule has 4 aromatic rings. The summed E-state index contributed by atoms with van der Waals surface area (Å²) in [5.74, 6) is -0.948. The molecule has 2 aromatic carbocycles. The van der Waals surface area contributed by atoms with Crippen LogP contribution in [-0.4, -0.2) is 55.1 Å². The minimum atomic E-state index is -3.66. The summed E-state index contributed by atoms with van der Waals surface area (Å²) < 4.78 is 43.9. The van der Waals surface area contributed by atoms with Crippen molar-refractivity contribution in [2.24, 2.45) is 0 Å². The van der Waals surface area contributed by atoms with Gasteiger partial charge in [0.25, 0.3) is 0 Å². The number of ether oxygens (including phenoxy) is 2. The molecule has 5 rings (SSSR count). The van der Waals surface area contributed by atoms with Crippen molar-refractivity contribution >= 4 is 16.0 Å². The van der Waals surface area contributed by atoms with Gasteiger partial charge >= 0.3 is 5.97 Å². The Kier molecular flexibility index (Phi) is 7.42. The molecule has 0 bridgehead atoms. The van der Waals surface area contributed by atoms with Crippen molar-refractivity contribution in [2.45, 2.75) is 11.5 Å². The van der Waals surface area contributed by atoms with Crippen molar-refractivity contribution < 1.29 is 32.2 Å². The van der Waals surface area contributed by atoms with Crippen molar-refractivity contribution in [1.29, 1.82) is 5.26 Å². The number of hydrogen-bond donors (Lipinski definition) is 1. The highest BCUT2D eigenvalue weighted by Crippen LogP contribution is 2.34. The lowest BCUT2D eigenvalue weighted by molar-refractivity contribution is 0.0696. The van der Waals surface area contributed by atoms with Gasteiger partial charge in [0.1, 0.15) is 18.2 Å². The molecule has 10 nitrogen and oxygen atoms in total. The van der Waals surface area contributed by atoms with E-state index in [0.29, 0.717) is 54.3 Å². The maximum atomic E-state index is 13.0. The van der Waals surface area contributed by atoms with Crippen LogP contribution >= 0.6 is 0 Å². The standard InChI is InChI=1S/C28H23N3O7S/c29-16-25-24(22-9-12-37-18-22)15-26(30-27(25)38-17-19-1-3-21(4-2-19)28(32)33)20-5-7-23(8-6-20)39(34,35)31-10-13-36-14-11-31/h1-9,12,15,18H,10-11,13-14,17H2,(H,32,33). The smallest absolute Gasteiger partial charge is 0.335 e. The summed E-state index contributed by atoms with van der Waals surface area (Å²) >= 11 is 0. The van der Waals surface area contributed by atoms with Crippen molar-refractivity contribution in [3.63, 3.8) is 0 Å². The van der Waals surface area contributed by atoms with Gasteiger partial charge in [-0.1, -0.05) is 24.3 Å². The molecular weight excluding hydrogens is 522 g/mol. The topological polar surface area (TPSA) is 143 Å². The summed E-state index contributed by atoms with van der Waals surface area (Å²) in [5.41, 5.74) is 3.33. The third-order valence-corrected chi connectivity index (χ3v) is 8.18. The third kappa shape index (κ3) is 5.53. The lowest BCUT2D eigenvalue weighted by Gasteiger charge is -2.26. The van der Waals surface area contributed by atoms with Gasteiger partial charge in [-0.25, -0.2) is 18.2 Å². The lowest BCUT2D eigenvalue weighted by Crippen LogP contribution is -2.40. The second-order valence-corrected chi connectivity index (χ2v) is 10.6. The fraction of sp³-hybridized carbons (Fsp3) is 0.179. The second-order valence-electron chi connectivity index (χ2n) is 8.69. The van der Waals surface area contributed by atoms with E-state index in [1.807, 2.05) is 0 Å². The number of sulfonamides is 1. The quantitative estimate of drug-likeness (QED) is 0.345. The fourth-order valence-corrected chi connectivity index (χ4v) is 5.56. The molecule has 1 aliphatic heterocycles. The number of aromatic carboxylic acids is 1. The molecule has 1 aliphatic rings. The van der Waals surface area contributed by atoms with Gasteiger partial charge in [0, 0.05) is 29.8 Å². The summed E-state index contributed by atoms with van der Waals surface area (Å²) in [6.45, 7) is 1.36. The number of hydrogen-bond acceptors (Lipinski definition) is 8. The Hall–Kier alpha value is -4.50. The molecule has 0 atom stereocenters. The van der Waals surface area contributed by atoms with Crippen LogP contribution in [0.5, 0.6) is 5.88 Å². The van der Waals surface area contributed by atoms with Crippen LogP contribution in [0.1, 0.15) is 21.5 Å². The Morgan fingerprint density at radius 2 is 1.77 bits per heavy atom. The van der Waals surface area contributed by atoms with Crippen LogP contribution in [0.2, 0.25) is 0 Å². The maximum absolute atomic E-state index is 13.0. The molecule has 2 aromatic heterocycles. The summed E-state index contributed by atoms with van der Waals surface area (Å²) in [7, 11) is -3.66. The maximum Gasteiger partial charge on any atom is 0.335 e. The highest BCUT2D eigenvalue weighted by Gasteiger charge is 2.26. The van der Waals surface area contributed by atoms with E-state index in [2.05, 4.69) is 11.1 Å². The monoisotopic (exact) mass is 545 g/mol. The highest BCUT2D eigenvalue weighted by molar-refractivity contribution is 7.89. The number of nitriles is 1. The third-order valence-electron chi connectivity index (χ3n) is 6.26. The molecule has 1 N–H and O–H groups in total. The SMILES string of the molecule is N#Cc1c(-c2ccoc2)cc(-c2ccc(S(=O)(=O)N3CCOCC3)cc2)nc1OCc1ccc(C(=O)O)cc1. The molecule has 39 heavy (non-hydrogen) atoms. The zero-order valence-corrected chi connectivity index (χ0v) is 21.4. The fourth-order valence-electron chi connectivity index (χ4n) is 4.16. The van der Waals surface area contributed by atoms with Crippen LogP contribution in [0.25, 0.3) is 22.4 Å². The van der Waals surface area contributed by atoms with E-state index in [0.717, 1.165) is 0 Å². The molecule has 11 heteroatoms. The zero-order chi connectivity index (χ0) is 27.4. The number of morpholine rings is 1. The van der Waals surface area contributed by atoms with Crippen LogP contribution < -0.4 is 4.74 Å². The first-order chi connectivity index (χ1) is 18.9. The van der Waals surface area contributed by atoms with Crippen LogP contribution in [-0.2, 0) is 21.4 Å². The van der Waals surface area contributed by atoms with Crippen LogP contribution in [0.4, 0.5) is 0 Å². The Bertz CT molecular complexity index is 1620. The summed E-state index contributed by atoms with van der Waals surface area (Å²) in [5, 5.41) is 19.1. The zero-order valence-electron chi connectivity index (χ0n) is 20.6. The Balaban J connectivity index is 1.48. The van der Waals surface area contributed by atoms with E-state index in [9.17, 15) is 18.5 Å². The number of benzene rings is 2. The van der Waals surface area contributed by atoms with Gasteiger partial charge in [-0.05, 0) is 42.0 Å². The van der Waals surface area contributed by atoms with Gasteiger partial charge in [-0.3, -0.25) is 0 Å². The number of pyridine rings is 1. The predicted molar refractivity (Wildman–Crippen MR) is 139 cm³/mol. The van der Waals surface area contributed by atoms with E-state index in [-0.39, 0.29) is 28.5 Å². The molecule has 3 heterocycles. The van der Waals surface area contributed by atoms with E-state index >= 15 is 0 Å². The number of nitrogens with zero attached hydrogens (tertiary/aromatic N) is 3. The predicted octanol–water partition coefficient (Wildman–Crippen LogP) is 4.18. The summed E-state index contributed by atoms with van der Waals surface area (Å²) in [4.78, 5) is 15.9. The van der Waals surface area contributed by atoms with Crippen LogP contribution in [0.3, 0.4) is 0 Å². The van der Waals surface area contributed by atoms with E-state index in [1.165, 1.54) is 41.1 Å². The minimum Gasteiger partial charge on any atom is -0.478 e. The first-order valence-corrected chi connectivity index (χ1v) is 13.4. The number of aromatic nitrogens is 1. The first kappa shape index (κ1) is 26.1. The summed E-state index contributed by atoms with van der Waals surface area (Å²) in [6.07, 6.45) is 3.00. The van der Waals surface area contributed by atoms with E-state index in [1.54, 1.807) is 36.4 Å². The van der Waals surface area contributed by atoms with Gasteiger partial charge in [0.15, 0.2) is 0 Å². The van der Waals surface area contributed by atoms with Gasteiger partial charge in [0.2, 0.25) is 15.9 Å². The molecule has 1 saturated heterocycles. The van der Waals surface area contributed by atoms with Crippen molar-refractivity contribution in [2.75, 3.05) is 26.3 Å². The molecule has 0 spiro atoms. The van der Waals surface area contributed by atoms with Crippen molar-refractivity contribution in [3.8, 4) is 34.3 Å². The van der Waals surface area contributed by atoms with Gasteiger partial charge in [0.05, 0.1) is 41.9 Å². The lowest BCUT2D eigenvalue weighted by atomic mass is 10.0. The molecule has 0 aliphatic carbocycles. The molecular formula is C28H23N3O7S. The van der Waals surface area contributed by atoms with Crippen LogP contribution in [0, 0.1) is 11.3 Å². The Morgan fingerprint density at radius 1 is 1.05 bits per heavy atom.